The van der Waals surface area contributed by atoms with Crippen molar-refractivity contribution in [1.29, 1.82) is 5.26 Å². The van der Waals surface area contributed by atoms with Crippen LogP contribution >= 0.6 is 0 Å². The minimum Gasteiger partial charge on any atom is -0.495 e. The van der Waals surface area contributed by atoms with Crippen LogP contribution in [0.4, 0.5) is 5.69 Å². The number of hydrogen-bond donors (Lipinski definition) is 2. The van der Waals surface area contributed by atoms with E-state index >= 15 is 0 Å². The number of nitrogens with one attached hydrogen (secondary N) is 2. The molecule has 182 valence electrons. The highest BCUT2D eigenvalue weighted by Gasteiger charge is 2.14. The third-order valence-corrected chi connectivity index (χ3v) is 6.02. The van der Waals surface area contributed by atoms with E-state index in [4.69, 9.17) is 10.00 Å². The normalized spacial score (nSPS) is 13.9. The maximum atomic E-state index is 11.0. The summed E-state index contributed by atoms with van der Waals surface area (Å²) in [7, 11) is 5.83. The van der Waals surface area contributed by atoms with E-state index in [-0.39, 0.29) is 0 Å². The maximum absolute atomic E-state index is 11.0. The molecule has 0 bridgehead atoms. The summed E-state index contributed by atoms with van der Waals surface area (Å²) in [6, 6.07) is 13.9. The Balaban J connectivity index is 0.000000320. The molecular weight excluding hydrogens is 440 g/mol. The van der Waals surface area contributed by atoms with Crippen molar-refractivity contribution in [3.05, 3.63) is 60.4 Å². The van der Waals surface area contributed by atoms with Gasteiger partial charge in [-0.15, -0.1) is 0 Å². The van der Waals surface area contributed by atoms with Crippen molar-refractivity contribution in [3.63, 3.8) is 0 Å². The molecule has 0 spiro atoms. The number of nitrogens with zero attached hydrogens (tertiary/aromatic N) is 4. The van der Waals surface area contributed by atoms with E-state index in [0.29, 0.717) is 35.7 Å². The number of methoxy groups -OCH3 is 1. The molecule has 1 fully saturated rings. The molecule has 0 unspecified atom stereocenters. The predicted octanol–water partition coefficient (Wildman–Crippen LogP) is 3.91. The van der Waals surface area contributed by atoms with Gasteiger partial charge in [-0.05, 0) is 63.6 Å². The summed E-state index contributed by atoms with van der Waals surface area (Å²) >= 11 is 0. The van der Waals surface area contributed by atoms with Crippen LogP contribution in [0.25, 0.3) is 22.2 Å². The molecule has 1 aliphatic heterocycles. The molecule has 4 rings (SSSR count). The molecule has 0 amide bonds. The number of hydrogen-bond acceptors (Lipinski definition) is 8. The SMILES string of the molecule is C=C(C#N)CNc1c(OC)ccc2ccc(-c3nccc(C=O)n3)cc12.CNC1CCN(C)CC1. The molecule has 8 nitrogen and oxygen atoms in total. The standard InChI is InChI=1S/C20H16N4O2.C7H16N2/c1-13(10-21)11-23-19-17-9-15(20-22-8-7-16(12-25)24-20)4-3-14(17)5-6-18(19)26-2;1-8-7-3-5-9(2)6-4-7/h3-9,12,23H,1,11H2,2H3;7-8H,3-6H2,1-2H3. The Morgan fingerprint density at radius 1 is 1.29 bits per heavy atom. The molecule has 1 aliphatic rings. The largest absolute Gasteiger partial charge is 0.495 e. The molecule has 2 heterocycles. The average molecular weight is 473 g/mol. The van der Waals surface area contributed by atoms with Crippen molar-refractivity contribution < 1.29 is 9.53 Å². The van der Waals surface area contributed by atoms with Crippen LogP contribution in [0, 0.1) is 11.3 Å². The zero-order valence-corrected chi connectivity index (χ0v) is 20.5. The second-order valence-electron chi connectivity index (χ2n) is 8.44. The number of fused-ring (bicyclic) bond motifs is 1. The summed E-state index contributed by atoms with van der Waals surface area (Å²) in [6.07, 6.45) is 4.87. The highest BCUT2D eigenvalue weighted by atomic mass is 16.5. The fourth-order valence-electron chi connectivity index (χ4n) is 3.90. The Morgan fingerprint density at radius 2 is 2.03 bits per heavy atom. The van der Waals surface area contributed by atoms with Gasteiger partial charge in [-0.1, -0.05) is 24.8 Å². The topological polar surface area (TPSA) is 103 Å². The number of carbonyl (C=O) groups excluding carboxylic acids is 1. The second kappa shape index (κ2) is 12.6. The molecule has 2 aromatic carbocycles. The number of nitriles is 1. The molecule has 3 aromatic rings. The van der Waals surface area contributed by atoms with E-state index in [1.165, 1.54) is 25.9 Å². The first-order valence-corrected chi connectivity index (χ1v) is 11.6. The van der Waals surface area contributed by atoms with Crippen LogP contribution in [-0.4, -0.2) is 68.0 Å². The van der Waals surface area contributed by atoms with Crippen LogP contribution in [0.3, 0.4) is 0 Å². The number of aldehydes is 1. The van der Waals surface area contributed by atoms with Crippen molar-refractivity contribution in [1.82, 2.24) is 20.2 Å². The zero-order valence-electron chi connectivity index (χ0n) is 20.5. The fourth-order valence-corrected chi connectivity index (χ4v) is 3.90. The van der Waals surface area contributed by atoms with Gasteiger partial charge in [-0.2, -0.15) is 5.26 Å². The minimum absolute atomic E-state index is 0.313. The third-order valence-electron chi connectivity index (χ3n) is 6.02. The third kappa shape index (κ3) is 6.85. The number of benzene rings is 2. The van der Waals surface area contributed by atoms with Gasteiger partial charge in [-0.3, -0.25) is 4.79 Å². The highest BCUT2D eigenvalue weighted by molar-refractivity contribution is 5.99. The van der Waals surface area contributed by atoms with Crippen molar-refractivity contribution in [3.8, 4) is 23.2 Å². The van der Waals surface area contributed by atoms with Crippen molar-refractivity contribution in [2.45, 2.75) is 18.9 Å². The first-order valence-electron chi connectivity index (χ1n) is 11.6. The summed E-state index contributed by atoms with van der Waals surface area (Å²) in [5.74, 6) is 1.12. The molecule has 2 N–H and O–H groups in total. The highest BCUT2D eigenvalue weighted by Crippen LogP contribution is 2.35. The van der Waals surface area contributed by atoms with Gasteiger partial charge in [0.2, 0.25) is 0 Å². The molecular formula is C27H32N6O2. The summed E-state index contributed by atoms with van der Waals surface area (Å²) in [5.41, 5.74) is 2.28. The van der Waals surface area contributed by atoms with Gasteiger partial charge >= 0.3 is 0 Å². The molecule has 1 aromatic heterocycles. The predicted molar refractivity (Wildman–Crippen MR) is 140 cm³/mol. The Labute approximate surface area is 206 Å². The van der Waals surface area contributed by atoms with Gasteiger partial charge in [0.05, 0.1) is 18.9 Å². The number of ether oxygens (including phenoxy) is 1. The Bertz CT molecular complexity index is 1210. The van der Waals surface area contributed by atoms with E-state index in [0.717, 1.165) is 28.1 Å². The lowest BCUT2D eigenvalue weighted by atomic mass is 10.0. The van der Waals surface area contributed by atoms with Gasteiger partial charge < -0.3 is 20.3 Å². The van der Waals surface area contributed by atoms with E-state index in [1.54, 1.807) is 19.4 Å². The number of rotatable bonds is 7. The first-order chi connectivity index (χ1) is 17.0. The lowest BCUT2D eigenvalue weighted by Crippen LogP contribution is -2.39. The van der Waals surface area contributed by atoms with Crippen molar-refractivity contribution in [2.75, 3.05) is 46.2 Å². The van der Waals surface area contributed by atoms with Crippen LogP contribution in [0.1, 0.15) is 23.3 Å². The minimum atomic E-state index is 0.313. The van der Waals surface area contributed by atoms with Crippen molar-refractivity contribution in [2.24, 2.45) is 0 Å². The Morgan fingerprint density at radius 3 is 2.69 bits per heavy atom. The summed E-state index contributed by atoms with van der Waals surface area (Å²) < 4.78 is 5.45. The molecule has 35 heavy (non-hydrogen) atoms. The molecule has 1 saturated heterocycles. The van der Waals surface area contributed by atoms with Crippen LogP contribution in [0.2, 0.25) is 0 Å². The number of carbonyl (C=O) groups is 1. The number of piperidine rings is 1. The van der Waals surface area contributed by atoms with Gasteiger partial charge in [0.1, 0.15) is 11.4 Å². The fraction of sp³-hybridized carbons (Fsp3) is 0.333. The van der Waals surface area contributed by atoms with Crippen LogP contribution in [0.15, 0.2) is 54.7 Å². The molecule has 0 atom stereocenters. The van der Waals surface area contributed by atoms with Gasteiger partial charge in [0, 0.05) is 35.3 Å². The summed E-state index contributed by atoms with van der Waals surface area (Å²) in [4.78, 5) is 21.8. The second-order valence-corrected chi connectivity index (χ2v) is 8.44. The molecule has 8 heteroatoms. The molecule has 0 saturated carbocycles. The van der Waals surface area contributed by atoms with Crippen LogP contribution in [-0.2, 0) is 0 Å². The number of aromatic nitrogens is 2. The zero-order chi connectivity index (χ0) is 25.2. The molecule has 0 radical (unpaired) electrons. The van der Waals surface area contributed by atoms with Gasteiger partial charge in [0.25, 0.3) is 0 Å². The van der Waals surface area contributed by atoms with E-state index in [9.17, 15) is 4.79 Å². The lowest BCUT2D eigenvalue weighted by Gasteiger charge is -2.28. The Kier molecular flexibility index (Phi) is 9.30. The van der Waals surface area contributed by atoms with E-state index in [1.807, 2.05) is 36.4 Å². The summed E-state index contributed by atoms with van der Waals surface area (Å²) in [6.45, 7) is 6.51. The quantitative estimate of drug-likeness (QED) is 0.394. The lowest BCUT2D eigenvalue weighted by molar-refractivity contribution is 0.111. The van der Waals surface area contributed by atoms with Crippen molar-refractivity contribution >= 4 is 22.7 Å². The monoisotopic (exact) mass is 472 g/mol. The van der Waals surface area contributed by atoms with Gasteiger partial charge in [0.15, 0.2) is 12.1 Å². The molecule has 0 aliphatic carbocycles. The van der Waals surface area contributed by atoms with E-state index < -0.39 is 0 Å². The summed E-state index contributed by atoms with van der Waals surface area (Å²) in [5, 5.41) is 17.3. The maximum Gasteiger partial charge on any atom is 0.168 e. The average Bonchev–Trinajstić information content (AvgIpc) is 2.91. The number of anilines is 1. The number of likely N-dealkylation sites (tertiary alicyclic amines) is 1. The van der Waals surface area contributed by atoms with Crippen LogP contribution < -0.4 is 15.4 Å². The first kappa shape index (κ1) is 25.8. The van der Waals surface area contributed by atoms with Gasteiger partial charge in [-0.25, -0.2) is 9.97 Å². The van der Waals surface area contributed by atoms with Crippen LogP contribution in [0.5, 0.6) is 5.75 Å². The van der Waals surface area contributed by atoms with E-state index in [2.05, 4.69) is 46.2 Å². The Hall–Kier alpha value is -3.80. The smallest absolute Gasteiger partial charge is 0.168 e.